The van der Waals surface area contributed by atoms with E-state index in [0.29, 0.717) is 6.54 Å². The number of methoxy groups -OCH3 is 1. The Bertz CT molecular complexity index is 594. The van der Waals surface area contributed by atoms with Gasteiger partial charge in [0.2, 0.25) is 5.91 Å². The van der Waals surface area contributed by atoms with Crippen LogP contribution in [-0.4, -0.2) is 19.1 Å². The van der Waals surface area contributed by atoms with Gasteiger partial charge in [0.05, 0.1) is 19.9 Å². The van der Waals surface area contributed by atoms with Crippen LogP contribution in [0.3, 0.4) is 0 Å². The average Bonchev–Trinajstić information content (AvgIpc) is 2.98. The number of carbonyl (C=O) groups excluding carboxylic acids is 1. The Balaban J connectivity index is 1.89. The van der Waals surface area contributed by atoms with Gasteiger partial charge in [-0.05, 0) is 49.7 Å². The molecule has 0 saturated carbocycles. The number of rotatable bonds is 6. The van der Waals surface area contributed by atoms with E-state index in [9.17, 15) is 4.79 Å². The lowest BCUT2D eigenvalue weighted by Gasteiger charge is -2.16. The third kappa shape index (κ3) is 4.02. The molecular weight excluding hydrogens is 268 g/mol. The van der Waals surface area contributed by atoms with Gasteiger partial charge in [0.15, 0.2) is 0 Å². The molecule has 2 aromatic rings. The predicted octanol–water partition coefficient (Wildman–Crippen LogP) is 2.71. The molecule has 1 amide bonds. The minimum absolute atomic E-state index is 0.0835. The number of amides is 1. The van der Waals surface area contributed by atoms with Crippen LogP contribution in [-0.2, 0) is 11.3 Å². The summed E-state index contributed by atoms with van der Waals surface area (Å²) in [6.07, 6.45) is 1.59. The number of nitrogens with one attached hydrogen (secondary N) is 2. The van der Waals surface area contributed by atoms with Gasteiger partial charge in [0.1, 0.15) is 17.6 Å². The SMILES string of the molecule is COc1ccc(NC(C)C(=O)NCc2ccco2)cc1C. The Morgan fingerprint density at radius 2 is 2.19 bits per heavy atom. The first-order valence-electron chi connectivity index (χ1n) is 6.81. The van der Waals surface area contributed by atoms with Gasteiger partial charge in [-0.3, -0.25) is 4.79 Å². The monoisotopic (exact) mass is 288 g/mol. The lowest BCUT2D eigenvalue weighted by atomic mass is 10.2. The number of hydrogen-bond donors (Lipinski definition) is 2. The van der Waals surface area contributed by atoms with Gasteiger partial charge < -0.3 is 19.8 Å². The molecule has 5 heteroatoms. The number of carbonyl (C=O) groups is 1. The normalized spacial score (nSPS) is 11.8. The lowest BCUT2D eigenvalue weighted by molar-refractivity contribution is -0.121. The van der Waals surface area contributed by atoms with Crippen LogP contribution in [0.4, 0.5) is 5.69 Å². The molecule has 0 fully saturated rings. The van der Waals surface area contributed by atoms with Crippen molar-refractivity contribution in [3.8, 4) is 5.75 Å². The van der Waals surface area contributed by atoms with Crippen LogP contribution >= 0.6 is 0 Å². The molecule has 0 radical (unpaired) electrons. The fourth-order valence-corrected chi connectivity index (χ4v) is 2.02. The number of aryl methyl sites for hydroxylation is 1. The summed E-state index contributed by atoms with van der Waals surface area (Å²) in [5.74, 6) is 1.48. The molecule has 5 nitrogen and oxygen atoms in total. The van der Waals surface area contributed by atoms with E-state index in [2.05, 4.69) is 10.6 Å². The summed E-state index contributed by atoms with van der Waals surface area (Å²) < 4.78 is 10.4. The van der Waals surface area contributed by atoms with E-state index in [-0.39, 0.29) is 11.9 Å². The highest BCUT2D eigenvalue weighted by Gasteiger charge is 2.13. The van der Waals surface area contributed by atoms with E-state index in [4.69, 9.17) is 9.15 Å². The average molecular weight is 288 g/mol. The number of hydrogen-bond acceptors (Lipinski definition) is 4. The van der Waals surface area contributed by atoms with Gasteiger partial charge in [-0.2, -0.15) is 0 Å². The van der Waals surface area contributed by atoms with Crippen molar-refractivity contribution in [3.05, 3.63) is 47.9 Å². The third-order valence-electron chi connectivity index (χ3n) is 3.19. The highest BCUT2D eigenvalue weighted by molar-refractivity contribution is 5.84. The Morgan fingerprint density at radius 1 is 1.38 bits per heavy atom. The molecular formula is C16H20N2O3. The van der Waals surface area contributed by atoms with Crippen molar-refractivity contribution in [1.29, 1.82) is 0 Å². The Labute approximate surface area is 124 Å². The van der Waals surface area contributed by atoms with Crippen LogP contribution in [0, 0.1) is 6.92 Å². The fourth-order valence-electron chi connectivity index (χ4n) is 2.02. The molecule has 0 bridgehead atoms. The Hall–Kier alpha value is -2.43. The van der Waals surface area contributed by atoms with Gasteiger partial charge in [0.25, 0.3) is 0 Å². The van der Waals surface area contributed by atoms with Crippen molar-refractivity contribution in [2.45, 2.75) is 26.4 Å². The lowest BCUT2D eigenvalue weighted by Crippen LogP contribution is -2.37. The smallest absolute Gasteiger partial charge is 0.242 e. The van der Waals surface area contributed by atoms with E-state index in [1.807, 2.05) is 38.1 Å². The van der Waals surface area contributed by atoms with E-state index >= 15 is 0 Å². The van der Waals surface area contributed by atoms with Crippen molar-refractivity contribution in [3.63, 3.8) is 0 Å². The summed E-state index contributed by atoms with van der Waals surface area (Å²) in [5.41, 5.74) is 1.90. The number of ether oxygens (including phenoxy) is 1. The second-order valence-corrected chi connectivity index (χ2v) is 4.85. The molecule has 1 heterocycles. The van der Waals surface area contributed by atoms with Gasteiger partial charge in [-0.1, -0.05) is 0 Å². The minimum atomic E-state index is -0.340. The summed E-state index contributed by atoms with van der Waals surface area (Å²) in [6, 6.07) is 9.00. The highest BCUT2D eigenvalue weighted by atomic mass is 16.5. The van der Waals surface area contributed by atoms with Crippen molar-refractivity contribution < 1.29 is 13.9 Å². The summed E-state index contributed by atoms with van der Waals surface area (Å²) >= 11 is 0. The van der Waals surface area contributed by atoms with Crippen molar-refractivity contribution in [2.75, 3.05) is 12.4 Å². The van der Waals surface area contributed by atoms with Crippen LogP contribution in [0.15, 0.2) is 41.0 Å². The second-order valence-electron chi connectivity index (χ2n) is 4.85. The maximum atomic E-state index is 12.0. The molecule has 2 N–H and O–H groups in total. The van der Waals surface area contributed by atoms with Crippen molar-refractivity contribution in [2.24, 2.45) is 0 Å². The number of benzene rings is 1. The maximum Gasteiger partial charge on any atom is 0.242 e. The van der Waals surface area contributed by atoms with Crippen LogP contribution < -0.4 is 15.4 Å². The highest BCUT2D eigenvalue weighted by Crippen LogP contribution is 2.21. The van der Waals surface area contributed by atoms with Crippen LogP contribution in [0.1, 0.15) is 18.2 Å². The van der Waals surface area contributed by atoms with Crippen molar-refractivity contribution >= 4 is 11.6 Å². The third-order valence-corrected chi connectivity index (χ3v) is 3.19. The number of furan rings is 1. The molecule has 21 heavy (non-hydrogen) atoms. The molecule has 1 unspecified atom stereocenters. The molecule has 1 atom stereocenters. The Kier molecular flexibility index (Phi) is 4.87. The van der Waals surface area contributed by atoms with Gasteiger partial charge in [-0.25, -0.2) is 0 Å². The van der Waals surface area contributed by atoms with Crippen LogP contribution in [0.25, 0.3) is 0 Å². The summed E-state index contributed by atoms with van der Waals surface area (Å²) in [7, 11) is 1.64. The molecule has 0 aliphatic rings. The van der Waals surface area contributed by atoms with E-state index in [1.54, 1.807) is 19.4 Å². The molecule has 0 aliphatic carbocycles. The zero-order chi connectivity index (χ0) is 15.2. The zero-order valence-electron chi connectivity index (χ0n) is 12.5. The largest absolute Gasteiger partial charge is 0.496 e. The number of anilines is 1. The van der Waals surface area contributed by atoms with E-state index in [1.165, 1.54) is 0 Å². The van der Waals surface area contributed by atoms with Gasteiger partial charge in [0, 0.05) is 5.69 Å². The summed E-state index contributed by atoms with van der Waals surface area (Å²) in [6.45, 7) is 4.17. The van der Waals surface area contributed by atoms with Gasteiger partial charge in [-0.15, -0.1) is 0 Å². The Morgan fingerprint density at radius 3 is 2.81 bits per heavy atom. The minimum Gasteiger partial charge on any atom is -0.496 e. The fraction of sp³-hybridized carbons (Fsp3) is 0.312. The van der Waals surface area contributed by atoms with E-state index < -0.39 is 0 Å². The first-order chi connectivity index (χ1) is 10.1. The second kappa shape index (κ2) is 6.83. The maximum absolute atomic E-state index is 12.0. The molecule has 0 saturated heterocycles. The summed E-state index contributed by atoms with van der Waals surface area (Å²) in [5, 5.41) is 5.99. The van der Waals surface area contributed by atoms with Crippen molar-refractivity contribution in [1.82, 2.24) is 5.32 Å². The first kappa shape index (κ1) is 15.0. The predicted molar refractivity (Wildman–Crippen MR) is 81.4 cm³/mol. The summed E-state index contributed by atoms with van der Waals surface area (Å²) in [4.78, 5) is 12.0. The van der Waals surface area contributed by atoms with Crippen LogP contribution in [0.2, 0.25) is 0 Å². The molecule has 2 rings (SSSR count). The molecule has 112 valence electrons. The zero-order valence-corrected chi connectivity index (χ0v) is 12.5. The standard InChI is InChI=1S/C16H20N2O3/c1-11-9-13(6-7-15(11)20-3)18-12(2)16(19)17-10-14-5-4-8-21-14/h4-9,12,18H,10H2,1-3H3,(H,17,19). The molecule has 0 spiro atoms. The quantitative estimate of drug-likeness (QED) is 0.858. The van der Waals surface area contributed by atoms with E-state index in [0.717, 1.165) is 22.8 Å². The van der Waals surface area contributed by atoms with Gasteiger partial charge >= 0.3 is 0 Å². The molecule has 1 aromatic heterocycles. The first-order valence-corrected chi connectivity index (χ1v) is 6.81. The molecule has 0 aliphatic heterocycles. The molecule has 1 aromatic carbocycles. The van der Waals surface area contributed by atoms with Crippen LogP contribution in [0.5, 0.6) is 5.75 Å². The topological polar surface area (TPSA) is 63.5 Å².